The summed E-state index contributed by atoms with van der Waals surface area (Å²) >= 11 is 0.933. The van der Waals surface area contributed by atoms with E-state index in [1.54, 1.807) is 0 Å². The summed E-state index contributed by atoms with van der Waals surface area (Å²) in [6.45, 7) is 0.360. The fourth-order valence-electron chi connectivity index (χ4n) is 2.64. The Hall–Kier alpha value is -2.62. The Morgan fingerprint density at radius 3 is 2.68 bits per heavy atom. The summed E-state index contributed by atoms with van der Waals surface area (Å²) in [6.07, 6.45) is 1.88. The van der Waals surface area contributed by atoms with Gasteiger partial charge in [-0.3, -0.25) is 19.7 Å². The number of carboxylic acid groups (broad SMARTS) is 1. The molecule has 0 aliphatic carbocycles. The Bertz CT molecular complexity index is 723. The number of primary amides is 1. The van der Waals surface area contributed by atoms with Crippen LogP contribution in [0.4, 0.5) is 5.69 Å². The highest BCUT2D eigenvalue weighted by molar-refractivity contribution is 8.00. The highest BCUT2D eigenvalue weighted by Crippen LogP contribution is 2.31. The number of piperidine rings is 1. The number of carboxylic acids is 1. The van der Waals surface area contributed by atoms with Crippen molar-refractivity contribution in [3.8, 4) is 0 Å². The summed E-state index contributed by atoms with van der Waals surface area (Å²) in [6, 6.07) is 2.93. The van der Waals surface area contributed by atoms with Gasteiger partial charge in [0, 0.05) is 18.2 Å². The molecule has 1 saturated heterocycles. The molecular formula is C15H17N3O6S. The second-order valence-electron chi connectivity index (χ2n) is 5.53. The maximum Gasteiger partial charge on any atom is 0.326 e. The molecule has 2 amide bonds. The molecule has 1 atom stereocenters. The first-order valence-electron chi connectivity index (χ1n) is 7.54. The van der Waals surface area contributed by atoms with Gasteiger partial charge in [0.2, 0.25) is 11.8 Å². The third-order valence-electron chi connectivity index (χ3n) is 3.90. The van der Waals surface area contributed by atoms with Crippen LogP contribution in [0.3, 0.4) is 0 Å². The quantitative estimate of drug-likeness (QED) is 0.437. The fourth-order valence-corrected chi connectivity index (χ4v) is 3.53. The number of hydrogen-bond acceptors (Lipinski definition) is 6. The SMILES string of the molecule is NC(=O)c1ccc(SCC(=O)N2CCCCC2C(=O)O)c([N+](=O)[O-])c1. The largest absolute Gasteiger partial charge is 0.480 e. The molecule has 0 radical (unpaired) electrons. The second kappa shape index (κ2) is 7.97. The van der Waals surface area contributed by atoms with Gasteiger partial charge in [0.25, 0.3) is 5.69 Å². The van der Waals surface area contributed by atoms with Crippen LogP contribution in [0.15, 0.2) is 23.1 Å². The van der Waals surface area contributed by atoms with E-state index in [0.717, 1.165) is 30.7 Å². The highest BCUT2D eigenvalue weighted by atomic mass is 32.2. The standard InChI is InChI=1S/C15H17N3O6S/c16-14(20)9-4-5-12(11(7-9)18(23)24)25-8-13(19)17-6-2-1-3-10(17)15(21)22/h4-5,7,10H,1-3,6,8H2,(H2,16,20)(H,21,22). The Morgan fingerprint density at radius 2 is 2.08 bits per heavy atom. The summed E-state index contributed by atoms with van der Waals surface area (Å²) in [5.41, 5.74) is 4.80. The molecule has 0 spiro atoms. The number of aliphatic carboxylic acids is 1. The summed E-state index contributed by atoms with van der Waals surface area (Å²) in [7, 11) is 0. The molecular weight excluding hydrogens is 350 g/mol. The van der Waals surface area contributed by atoms with E-state index in [0.29, 0.717) is 13.0 Å². The normalized spacial score (nSPS) is 17.1. The lowest BCUT2D eigenvalue weighted by atomic mass is 10.0. The lowest BCUT2D eigenvalue weighted by molar-refractivity contribution is -0.387. The molecule has 1 unspecified atom stereocenters. The second-order valence-corrected chi connectivity index (χ2v) is 6.55. The number of hydrogen-bond donors (Lipinski definition) is 2. The summed E-state index contributed by atoms with van der Waals surface area (Å²) < 4.78 is 0. The van der Waals surface area contributed by atoms with Crippen LogP contribution in [-0.4, -0.2) is 51.1 Å². The first kappa shape index (κ1) is 18.7. The molecule has 134 valence electrons. The molecule has 1 fully saturated rings. The van der Waals surface area contributed by atoms with Gasteiger partial charge in [0.1, 0.15) is 6.04 Å². The zero-order valence-electron chi connectivity index (χ0n) is 13.2. The molecule has 0 aromatic heterocycles. The molecule has 10 heteroatoms. The number of nitrogens with two attached hydrogens (primary N) is 1. The summed E-state index contributed by atoms with van der Waals surface area (Å²) in [5.74, 6) is -2.34. The van der Waals surface area contributed by atoms with Gasteiger partial charge >= 0.3 is 5.97 Å². The minimum Gasteiger partial charge on any atom is -0.480 e. The van der Waals surface area contributed by atoms with Crippen LogP contribution in [-0.2, 0) is 9.59 Å². The minimum atomic E-state index is -1.05. The van der Waals surface area contributed by atoms with Gasteiger partial charge < -0.3 is 15.7 Å². The lowest BCUT2D eigenvalue weighted by Crippen LogP contribution is -2.48. The van der Waals surface area contributed by atoms with Crippen molar-refractivity contribution in [1.29, 1.82) is 0 Å². The molecule has 1 aliphatic heterocycles. The number of benzene rings is 1. The number of carbonyl (C=O) groups is 3. The Balaban J connectivity index is 2.12. The number of amides is 2. The van der Waals surface area contributed by atoms with E-state index < -0.39 is 22.8 Å². The van der Waals surface area contributed by atoms with E-state index in [1.807, 2.05) is 0 Å². The minimum absolute atomic E-state index is 0.00403. The topological polar surface area (TPSA) is 144 Å². The molecule has 9 nitrogen and oxygen atoms in total. The van der Waals surface area contributed by atoms with E-state index in [2.05, 4.69) is 0 Å². The van der Waals surface area contributed by atoms with Gasteiger partial charge in [-0.1, -0.05) is 0 Å². The van der Waals surface area contributed by atoms with E-state index in [-0.39, 0.29) is 27.8 Å². The van der Waals surface area contributed by atoms with Gasteiger partial charge in [-0.05, 0) is 31.4 Å². The molecule has 3 N–H and O–H groups in total. The predicted molar refractivity (Wildman–Crippen MR) is 89.3 cm³/mol. The first-order valence-corrected chi connectivity index (χ1v) is 8.53. The summed E-state index contributed by atoms with van der Waals surface area (Å²) in [5, 5.41) is 20.4. The molecule has 1 aromatic carbocycles. The molecule has 1 aromatic rings. The molecule has 0 bridgehead atoms. The molecule has 1 heterocycles. The fraction of sp³-hybridized carbons (Fsp3) is 0.400. The maximum atomic E-state index is 12.3. The molecule has 2 rings (SSSR count). The van der Waals surface area contributed by atoms with Crippen LogP contribution in [0, 0.1) is 10.1 Å². The number of nitro benzene ring substituents is 1. The molecule has 1 aliphatic rings. The number of likely N-dealkylation sites (tertiary alicyclic amines) is 1. The van der Waals surface area contributed by atoms with Crippen molar-refractivity contribution < 1.29 is 24.4 Å². The monoisotopic (exact) mass is 367 g/mol. The van der Waals surface area contributed by atoms with E-state index in [9.17, 15) is 29.6 Å². The number of nitrogens with zero attached hydrogens (tertiary/aromatic N) is 2. The Labute approximate surface area is 147 Å². The van der Waals surface area contributed by atoms with E-state index in [4.69, 9.17) is 5.73 Å². The van der Waals surface area contributed by atoms with Crippen LogP contribution in [0.1, 0.15) is 29.6 Å². The van der Waals surface area contributed by atoms with Gasteiger partial charge in [-0.15, -0.1) is 11.8 Å². The zero-order chi connectivity index (χ0) is 18.6. The first-order chi connectivity index (χ1) is 11.8. The number of carbonyl (C=O) groups excluding carboxylic acids is 2. The molecule has 0 saturated carbocycles. The van der Waals surface area contributed by atoms with Crippen molar-refractivity contribution in [2.45, 2.75) is 30.2 Å². The van der Waals surface area contributed by atoms with Crippen molar-refractivity contribution in [2.24, 2.45) is 5.73 Å². The average Bonchev–Trinajstić information content (AvgIpc) is 2.59. The Kier molecular flexibility index (Phi) is 5.97. The lowest BCUT2D eigenvalue weighted by Gasteiger charge is -2.32. The van der Waals surface area contributed by atoms with Crippen LogP contribution in [0.2, 0.25) is 0 Å². The van der Waals surface area contributed by atoms with Crippen molar-refractivity contribution in [3.05, 3.63) is 33.9 Å². The van der Waals surface area contributed by atoms with Gasteiger partial charge in [0.15, 0.2) is 0 Å². The average molecular weight is 367 g/mol. The van der Waals surface area contributed by atoms with Crippen LogP contribution in [0.25, 0.3) is 0 Å². The third kappa shape index (κ3) is 4.47. The van der Waals surface area contributed by atoms with Crippen LogP contribution < -0.4 is 5.73 Å². The van der Waals surface area contributed by atoms with E-state index >= 15 is 0 Å². The number of thioether (sulfide) groups is 1. The Morgan fingerprint density at radius 1 is 1.36 bits per heavy atom. The zero-order valence-corrected chi connectivity index (χ0v) is 14.0. The maximum absolute atomic E-state index is 12.3. The molecule has 25 heavy (non-hydrogen) atoms. The van der Waals surface area contributed by atoms with Crippen molar-refractivity contribution in [1.82, 2.24) is 4.90 Å². The van der Waals surface area contributed by atoms with Crippen molar-refractivity contribution in [2.75, 3.05) is 12.3 Å². The van der Waals surface area contributed by atoms with Crippen LogP contribution in [0.5, 0.6) is 0 Å². The summed E-state index contributed by atoms with van der Waals surface area (Å²) in [4.78, 5) is 46.8. The van der Waals surface area contributed by atoms with Gasteiger partial charge in [0.05, 0.1) is 15.6 Å². The van der Waals surface area contributed by atoms with Gasteiger partial charge in [-0.25, -0.2) is 4.79 Å². The van der Waals surface area contributed by atoms with Crippen molar-refractivity contribution in [3.63, 3.8) is 0 Å². The van der Waals surface area contributed by atoms with E-state index in [1.165, 1.54) is 17.0 Å². The smallest absolute Gasteiger partial charge is 0.326 e. The van der Waals surface area contributed by atoms with Crippen LogP contribution >= 0.6 is 11.8 Å². The van der Waals surface area contributed by atoms with Crippen molar-refractivity contribution >= 4 is 35.2 Å². The predicted octanol–water partition coefficient (Wildman–Crippen LogP) is 1.25. The number of rotatable bonds is 6. The third-order valence-corrected chi connectivity index (χ3v) is 4.95. The number of nitro groups is 1. The van der Waals surface area contributed by atoms with Gasteiger partial charge in [-0.2, -0.15) is 0 Å². The highest BCUT2D eigenvalue weighted by Gasteiger charge is 2.32.